The maximum absolute atomic E-state index is 13.0. The number of ether oxygens (including phenoxy) is 1. The van der Waals surface area contributed by atoms with Crippen LogP contribution in [0.4, 0.5) is 30.7 Å². The van der Waals surface area contributed by atoms with Gasteiger partial charge >= 0.3 is 11.8 Å². The first-order valence-electron chi connectivity index (χ1n) is 3.44. The molecule has 1 nitrogen and oxygen atoms in total. The molecule has 0 aromatic heterocycles. The highest BCUT2D eigenvalue weighted by Crippen LogP contribution is 2.50. The van der Waals surface area contributed by atoms with Crippen LogP contribution in [-0.2, 0) is 4.74 Å². The molecular formula is C7H3F7O. The third-order valence-electron chi connectivity index (χ3n) is 1.78. The molecule has 1 aliphatic carbocycles. The highest BCUT2D eigenvalue weighted by Gasteiger charge is 2.60. The third-order valence-corrected chi connectivity index (χ3v) is 1.78. The maximum Gasteiger partial charge on any atom is 0.355 e. The smallest absolute Gasteiger partial charge is 0.338 e. The summed E-state index contributed by atoms with van der Waals surface area (Å²) in [5.41, 5.74) is 0. The molecule has 0 bridgehead atoms. The number of hydrogen-bond donors (Lipinski definition) is 0. The fourth-order valence-electron chi connectivity index (χ4n) is 0.930. The zero-order valence-electron chi connectivity index (χ0n) is 7.05. The van der Waals surface area contributed by atoms with E-state index >= 15 is 0 Å². The molecule has 0 heterocycles. The predicted octanol–water partition coefficient (Wildman–Crippen LogP) is 3.25. The van der Waals surface area contributed by atoms with Gasteiger partial charge in [-0.1, -0.05) is 0 Å². The van der Waals surface area contributed by atoms with Crippen molar-refractivity contribution in [3.05, 3.63) is 23.3 Å². The molecule has 0 aromatic rings. The number of methoxy groups -OCH3 is 1. The van der Waals surface area contributed by atoms with Crippen LogP contribution in [0.25, 0.3) is 0 Å². The molecule has 0 aliphatic heterocycles. The van der Waals surface area contributed by atoms with Gasteiger partial charge in [-0.3, -0.25) is 0 Å². The molecule has 0 spiro atoms. The second-order valence-corrected chi connectivity index (χ2v) is 2.63. The van der Waals surface area contributed by atoms with E-state index in [1.807, 2.05) is 0 Å². The van der Waals surface area contributed by atoms with Gasteiger partial charge in [-0.2, -0.15) is 13.2 Å². The summed E-state index contributed by atoms with van der Waals surface area (Å²) in [7, 11) is 0.364. The van der Waals surface area contributed by atoms with Gasteiger partial charge in [0.2, 0.25) is 23.3 Å². The second kappa shape index (κ2) is 3.22. The van der Waals surface area contributed by atoms with Crippen molar-refractivity contribution in [3.8, 4) is 0 Å². The minimum Gasteiger partial charge on any atom is -0.338 e. The van der Waals surface area contributed by atoms with E-state index in [9.17, 15) is 30.7 Å². The van der Waals surface area contributed by atoms with Crippen molar-refractivity contribution in [2.75, 3.05) is 7.11 Å². The van der Waals surface area contributed by atoms with Crippen molar-refractivity contribution >= 4 is 0 Å². The Morgan fingerprint density at radius 3 is 1.40 bits per heavy atom. The lowest BCUT2D eigenvalue weighted by atomic mass is 10.0. The van der Waals surface area contributed by atoms with Crippen LogP contribution in [0.2, 0.25) is 0 Å². The zero-order chi connectivity index (χ0) is 12.0. The Labute approximate surface area is 78.8 Å². The van der Waals surface area contributed by atoms with E-state index < -0.39 is 35.1 Å². The summed E-state index contributed by atoms with van der Waals surface area (Å²) in [6.45, 7) is 0. The first-order valence-corrected chi connectivity index (χ1v) is 3.44. The average molecular weight is 236 g/mol. The van der Waals surface area contributed by atoms with Gasteiger partial charge in [0.05, 0.1) is 0 Å². The van der Waals surface area contributed by atoms with Crippen molar-refractivity contribution < 1.29 is 35.5 Å². The predicted molar refractivity (Wildman–Crippen MR) is 34.3 cm³/mol. The largest absolute Gasteiger partial charge is 0.355 e. The first kappa shape index (κ1) is 12.0. The lowest BCUT2D eigenvalue weighted by Crippen LogP contribution is -2.38. The quantitative estimate of drug-likeness (QED) is 0.635. The standard InChI is InChI=1S/C7H3F7O/c1-15-7(14)4(10)2(8)6(12,13)3(9)5(7)11/h1H3. The summed E-state index contributed by atoms with van der Waals surface area (Å²) in [5.74, 6) is -21.2. The van der Waals surface area contributed by atoms with E-state index in [0.717, 1.165) is 0 Å². The summed E-state index contributed by atoms with van der Waals surface area (Å²) >= 11 is 0. The number of halogens is 7. The maximum atomic E-state index is 13.0. The molecule has 0 fully saturated rings. The molecule has 0 saturated carbocycles. The van der Waals surface area contributed by atoms with Crippen molar-refractivity contribution in [1.82, 2.24) is 0 Å². The molecule has 86 valence electrons. The molecule has 0 radical (unpaired) electrons. The minimum absolute atomic E-state index is 0.364. The van der Waals surface area contributed by atoms with Crippen molar-refractivity contribution in [3.63, 3.8) is 0 Å². The molecule has 0 aromatic carbocycles. The van der Waals surface area contributed by atoms with Crippen LogP contribution in [-0.4, -0.2) is 18.9 Å². The lowest BCUT2D eigenvalue weighted by Gasteiger charge is -2.27. The SMILES string of the molecule is COC1(F)C(F)=C(F)C(F)(F)C(F)=C1F. The van der Waals surface area contributed by atoms with E-state index in [2.05, 4.69) is 4.74 Å². The van der Waals surface area contributed by atoms with E-state index in [4.69, 9.17) is 0 Å². The Balaban J connectivity index is 3.47. The van der Waals surface area contributed by atoms with Crippen molar-refractivity contribution in [2.24, 2.45) is 0 Å². The Kier molecular flexibility index (Phi) is 2.58. The van der Waals surface area contributed by atoms with Crippen LogP contribution in [0.1, 0.15) is 0 Å². The molecule has 0 N–H and O–H groups in total. The highest BCUT2D eigenvalue weighted by molar-refractivity contribution is 5.38. The summed E-state index contributed by atoms with van der Waals surface area (Å²) in [6.07, 6.45) is 0. The van der Waals surface area contributed by atoms with Gasteiger partial charge in [0, 0.05) is 7.11 Å². The molecular weight excluding hydrogens is 233 g/mol. The Morgan fingerprint density at radius 1 is 0.800 bits per heavy atom. The van der Waals surface area contributed by atoms with Gasteiger partial charge in [-0.25, -0.2) is 17.6 Å². The zero-order valence-corrected chi connectivity index (χ0v) is 7.05. The Morgan fingerprint density at radius 2 is 1.13 bits per heavy atom. The molecule has 8 heteroatoms. The topological polar surface area (TPSA) is 9.23 Å². The molecule has 0 atom stereocenters. The van der Waals surface area contributed by atoms with Crippen LogP contribution in [0.3, 0.4) is 0 Å². The average Bonchev–Trinajstić information content (AvgIpc) is 2.21. The van der Waals surface area contributed by atoms with E-state index in [-0.39, 0.29) is 0 Å². The normalized spacial score (nSPS) is 24.8. The Hall–Kier alpha value is -1.05. The summed E-state index contributed by atoms with van der Waals surface area (Å²) in [6, 6.07) is 0. The van der Waals surface area contributed by atoms with E-state index in [1.54, 1.807) is 0 Å². The summed E-state index contributed by atoms with van der Waals surface area (Å²) in [5, 5.41) is 0. The minimum atomic E-state index is -5.15. The van der Waals surface area contributed by atoms with E-state index in [0.29, 0.717) is 7.11 Å². The van der Waals surface area contributed by atoms with Gasteiger partial charge in [0.15, 0.2) is 0 Å². The van der Waals surface area contributed by atoms with Crippen LogP contribution in [0, 0.1) is 0 Å². The monoisotopic (exact) mass is 236 g/mol. The van der Waals surface area contributed by atoms with Crippen LogP contribution < -0.4 is 0 Å². The summed E-state index contributed by atoms with van der Waals surface area (Å²) in [4.78, 5) is 0. The molecule has 1 rings (SSSR count). The molecule has 0 saturated heterocycles. The van der Waals surface area contributed by atoms with Crippen LogP contribution in [0.15, 0.2) is 23.3 Å². The van der Waals surface area contributed by atoms with Gasteiger partial charge < -0.3 is 4.74 Å². The summed E-state index contributed by atoms with van der Waals surface area (Å²) < 4.78 is 91.5. The fraction of sp³-hybridized carbons (Fsp3) is 0.429. The number of rotatable bonds is 1. The highest BCUT2D eigenvalue weighted by atomic mass is 19.3. The number of hydrogen-bond acceptors (Lipinski definition) is 1. The van der Waals surface area contributed by atoms with Crippen LogP contribution in [0.5, 0.6) is 0 Å². The van der Waals surface area contributed by atoms with E-state index in [1.165, 1.54) is 0 Å². The molecule has 0 amide bonds. The Bertz CT molecular complexity index is 328. The lowest BCUT2D eigenvalue weighted by molar-refractivity contribution is -0.111. The van der Waals surface area contributed by atoms with Gasteiger partial charge in [0.25, 0.3) is 0 Å². The number of alkyl halides is 3. The first-order chi connectivity index (χ1) is 6.69. The molecule has 1 aliphatic rings. The fourth-order valence-corrected chi connectivity index (χ4v) is 0.930. The van der Waals surface area contributed by atoms with Crippen molar-refractivity contribution in [2.45, 2.75) is 11.8 Å². The third kappa shape index (κ3) is 1.35. The van der Waals surface area contributed by atoms with Crippen molar-refractivity contribution in [1.29, 1.82) is 0 Å². The van der Waals surface area contributed by atoms with Gasteiger partial charge in [-0.05, 0) is 0 Å². The molecule has 0 unspecified atom stereocenters. The second-order valence-electron chi connectivity index (χ2n) is 2.63. The van der Waals surface area contributed by atoms with Gasteiger partial charge in [-0.15, -0.1) is 0 Å². The number of allylic oxidation sites excluding steroid dienone is 2. The van der Waals surface area contributed by atoms with Gasteiger partial charge in [0.1, 0.15) is 0 Å². The van der Waals surface area contributed by atoms with Crippen LogP contribution >= 0.6 is 0 Å². The molecule has 15 heavy (non-hydrogen) atoms.